The molecule has 0 aliphatic heterocycles. The van der Waals surface area contributed by atoms with Gasteiger partial charge in [0, 0.05) is 0 Å². The number of hydrogen-bond acceptors (Lipinski definition) is 3. The molecule has 0 fully saturated rings. The van der Waals surface area contributed by atoms with Crippen molar-refractivity contribution in [3.8, 4) is 0 Å². The van der Waals surface area contributed by atoms with Gasteiger partial charge in [-0.2, -0.15) is 0 Å². The average Bonchev–Trinajstić information content (AvgIpc) is 2.28. The van der Waals surface area contributed by atoms with Gasteiger partial charge in [-0.25, -0.2) is 0 Å². The number of rotatable bonds is 5. The Labute approximate surface area is 95.4 Å². The zero-order chi connectivity index (χ0) is 11.8. The Balaban J connectivity index is 2.30. The van der Waals surface area contributed by atoms with Crippen LogP contribution in [0.1, 0.15) is 18.9 Å². The van der Waals surface area contributed by atoms with Gasteiger partial charge in [0.05, 0.1) is 12.5 Å². The van der Waals surface area contributed by atoms with Gasteiger partial charge in [-0.05, 0) is 12.5 Å². The zero-order valence-corrected chi connectivity index (χ0v) is 9.30. The van der Waals surface area contributed by atoms with E-state index in [-0.39, 0.29) is 13.0 Å². The fourth-order valence-electron chi connectivity index (χ4n) is 1.26. The number of carbonyl (C=O) groups is 1. The standard InChI is InChI=1S/C13H16O3/c1-2-6-12(14)9-13(15)16-10-11-7-4-3-5-8-11/h2-8,12,14H,9-10H2,1H3/b6-2+. The van der Waals surface area contributed by atoms with Crippen molar-refractivity contribution in [2.45, 2.75) is 26.1 Å². The molecule has 1 rings (SSSR count). The van der Waals surface area contributed by atoms with Crippen LogP contribution in [0.2, 0.25) is 0 Å². The number of ether oxygens (including phenoxy) is 1. The maximum Gasteiger partial charge on any atom is 0.309 e. The Hall–Kier alpha value is -1.61. The van der Waals surface area contributed by atoms with Crippen molar-refractivity contribution in [2.75, 3.05) is 0 Å². The molecule has 0 spiro atoms. The Morgan fingerprint density at radius 1 is 1.44 bits per heavy atom. The molecule has 1 atom stereocenters. The molecule has 1 unspecified atom stereocenters. The van der Waals surface area contributed by atoms with E-state index in [1.54, 1.807) is 19.1 Å². The number of esters is 1. The molecule has 3 nitrogen and oxygen atoms in total. The number of hydrogen-bond donors (Lipinski definition) is 1. The van der Waals surface area contributed by atoms with Crippen molar-refractivity contribution in [1.82, 2.24) is 0 Å². The maximum absolute atomic E-state index is 11.3. The van der Waals surface area contributed by atoms with E-state index in [9.17, 15) is 9.90 Å². The van der Waals surface area contributed by atoms with Crippen molar-refractivity contribution in [3.63, 3.8) is 0 Å². The van der Waals surface area contributed by atoms with E-state index in [1.807, 2.05) is 30.3 Å². The minimum absolute atomic E-state index is 0.00280. The molecule has 0 aliphatic rings. The highest BCUT2D eigenvalue weighted by atomic mass is 16.5. The van der Waals surface area contributed by atoms with E-state index >= 15 is 0 Å². The van der Waals surface area contributed by atoms with Gasteiger partial charge in [-0.3, -0.25) is 4.79 Å². The Morgan fingerprint density at radius 3 is 2.75 bits per heavy atom. The number of aliphatic hydroxyl groups is 1. The van der Waals surface area contributed by atoms with Gasteiger partial charge in [0.25, 0.3) is 0 Å². The average molecular weight is 220 g/mol. The van der Waals surface area contributed by atoms with E-state index in [4.69, 9.17) is 4.74 Å². The van der Waals surface area contributed by atoms with Gasteiger partial charge < -0.3 is 9.84 Å². The van der Waals surface area contributed by atoms with E-state index < -0.39 is 12.1 Å². The first kappa shape index (κ1) is 12.5. The Bertz CT molecular complexity index is 343. The maximum atomic E-state index is 11.3. The summed E-state index contributed by atoms with van der Waals surface area (Å²) >= 11 is 0. The quantitative estimate of drug-likeness (QED) is 0.610. The van der Waals surface area contributed by atoms with Crippen molar-refractivity contribution in [2.24, 2.45) is 0 Å². The van der Waals surface area contributed by atoms with Gasteiger partial charge >= 0.3 is 5.97 Å². The lowest BCUT2D eigenvalue weighted by atomic mass is 10.2. The molecule has 0 heterocycles. The van der Waals surface area contributed by atoms with Crippen LogP contribution < -0.4 is 0 Å². The second kappa shape index (κ2) is 6.80. The zero-order valence-electron chi connectivity index (χ0n) is 9.30. The van der Waals surface area contributed by atoms with Crippen LogP contribution in [0.15, 0.2) is 42.5 Å². The summed E-state index contributed by atoms with van der Waals surface area (Å²) in [5.74, 6) is -0.394. The van der Waals surface area contributed by atoms with Gasteiger partial charge in [-0.15, -0.1) is 0 Å². The molecule has 0 saturated heterocycles. The lowest BCUT2D eigenvalue weighted by Gasteiger charge is -2.06. The molecule has 1 aromatic carbocycles. The molecule has 0 saturated carbocycles. The summed E-state index contributed by atoms with van der Waals surface area (Å²) in [6, 6.07) is 9.45. The van der Waals surface area contributed by atoms with E-state index in [0.717, 1.165) is 5.56 Å². The number of benzene rings is 1. The predicted molar refractivity (Wildman–Crippen MR) is 61.7 cm³/mol. The second-order valence-corrected chi connectivity index (χ2v) is 3.44. The molecule has 3 heteroatoms. The third kappa shape index (κ3) is 4.75. The summed E-state index contributed by atoms with van der Waals surface area (Å²) in [5.41, 5.74) is 0.941. The van der Waals surface area contributed by atoms with Crippen molar-refractivity contribution in [1.29, 1.82) is 0 Å². The minimum atomic E-state index is -0.756. The highest BCUT2D eigenvalue weighted by Crippen LogP contribution is 2.03. The topological polar surface area (TPSA) is 46.5 Å². The first-order valence-corrected chi connectivity index (χ1v) is 5.23. The number of allylic oxidation sites excluding steroid dienone is 1. The molecule has 0 bridgehead atoms. The molecule has 0 aromatic heterocycles. The minimum Gasteiger partial charge on any atom is -0.461 e. The van der Waals surface area contributed by atoms with E-state index in [0.29, 0.717) is 0 Å². The SMILES string of the molecule is C/C=C/C(O)CC(=O)OCc1ccccc1. The van der Waals surface area contributed by atoms with Crippen molar-refractivity contribution >= 4 is 5.97 Å². The molecule has 0 aliphatic carbocycles. The van der Waals surface area contributed by atoms with E-state index in [2.05, 4.69) is 0 Å². The normalized spacial score (nSPS) is 12.6. The Kier molecular flexibility index (Phi) is 5.29. The summed E-state index contributed by atoms with van der Waals surface area (Å²) < 4.78 is 5.01. The molecule has 1 N–H and O–H groups in total. The van der Waals surface area contributed by atoms with Crippen molar-refractivity contribution < 1.29 is 14.6 Å². The Morgan fingerprint density at radius 2 is 2.12 bits per heavy atom. The van der Waals surface area contributed by atoms with Gasteiger partial charge in [0.15, 0.2) is 0 Å². The third-order valence-electron chi connectivity index (χ3n) is 2.03. The smallest absolute Gasteiger partial charge is 0.309 e. The molecule has 0 amide bonds. The fraction of sp³-hybridized carbons (Fsp3) is 0.308. The highest BCUT2D eigenvalue weighted by molar-refractivity contribution is 5.70. The van der Waals surface area contributed by atoms with Crippen LogP contribution in [0, 0.1) is 0 Å². The molecule has 86 valence electrons. The molecule has 1 aromatic rings. The van der Waals surface area contributed by atoms with Crippen LogP contribution in [0.25, 0.3) is 0 Å². The summed E-state index contributed by atoms with van der Waals surface area (Å²) in [5, 5.41) is 9.33. The summed E-state index contributed by atoms with van der Waals surface area (Å²) in [6.07, 6.45) is 2.50. The summed E-state index contributed by atoms with van der Waals surface area (Å²) in [4.78, 5) is 11.3. The molecule has 16 heavy (non-hydrogen) atoms. The first-order valence-electron chi connectivity index (χ1n) is 5.23. The van der Waals surface area contributed by atoms with Gasteiger partial charge in [0.1, 0.15) is 6.61 Å². The third-order valence-corrected chi connectivity index (χ3v) is 2.03. The summed E-state index contributed by atoms with van der Waals surface area (Å²) in [7, 11) is 0. The number of aliphatic hydroxyl groups excluding tert-OH is 1. The first-order chi connectivity index (χ1) is 7.72. The largest absolute Gasteiger partial charge is 0.461 e. The van der Waals surface area contributed by atoms with Gasteiger partial charge in [0.2, 0.25) is 0 Å². The molecular formula is C13H16O3. The van der Waals surface area contributed by atoms with E-state index in [1.165, 1.54) is 0 Å². The molecule has 0 radical (unpaired) electrons. The number of carbonyl (C=O) groups excluding carboxylic acids is 1. The summed E-state index contributed by atoms with van der Waals surface area (Å²) in [6.45, 7) is 2.04. The van der Waals surface area contributed by atoms with Crippen LogP contribution in [-0.4, -0.2) is 17.2 Å². The second-order valence-electron chi connectivity index (χ2n) is 3.44. The van der Waals surface area contributed by atoms with Crippen LogP contribution >= 0.6 is 0 Å². The predicted octanol–water partition coefficient (Wildman–Crippen LogP) is 2.06. The van der Waals surface area contributed by atoms with Gasteiger partial charge in [-0.1, -0.05) is 42.5 Å². The lowest BCUT2D eigenvalue weighted by Crippen LogP contribution is -2.13. The fourth-order valence-corrected chi connectivity index (χ4v) is 1.26. The van der Waals surface area contributed by atoms with Crippen LogP contribution in [0.4, 0.5) is 0 Å². The van der Waals surface area contributed by atoms with Crippen molar-refractivity contribution in [3.05, 3.63) is 48.0 Å². The molecular weight excluding hydrogens is 204 g/mol. The van der Waals surface area contributed by atoms with Crippen LogP contribution in [0.3, 0.4) is 0 Å². The monoisotopic (exact) mass is 220 g/mol. The van der Waals surface area contributed by atoms with Crippen LogP contribution in [-0.2, 0) is 16.1 Å². The highest BCUT2D eigenvalue weighted by Gasteiger charge is 2.08. The lowest BCUT2D eigenvalue weighted by molar-refractivity contribution is -0.146. The van der Waals surface area contributed by atoms with Crippen LogP contribution in [0.5, 0.6) is 0 Å².